The zero-order chi connectivity index (χ0) is 19.5. The maximum atomic E-state index is 12.9. The summed E-state index contributed by atoms with van der Waals surface area (Å²) in [5, 5.41) is 10.2. The largest absolute Gasteiger partial charge is 0.350 e. The summed E-state index contributed by atoms with van der Waals surface area (Å²) in [6, 6.07) is 19.1. The second-order valence-electron chi connectivity index (χ2n) is 6.26. The Morgan fingerprint density at radius 3 is 2.61 bits per heavy atom. The molecule has 2 heterocycles. The highest BCUT2D eigenvalue weighted by Gasteiger charge is 2.19. The second kappa shape index (κ2) is 7.96. The molecule has 4 rings (SSSR count). The van der Waals surface area contributed by atoms with E-state index in [0.29, 0.717) is 28.2 Å². The maximum absolute atomic E-state index is 12.9. The lowest BCUT2D eigenvalue weighted by molar-refractivity contribution is 0.0951. The number of hydrogen-bond donors (Lipinski definition) is 1. The number of nitrogens with zero attached hydrogens (tertiary/aromatic N) is 3. The quantitative estimate of drug-likeness (QED) is 0.488. The zero-order valence-corrected chi connectivity index (χ0v) is 16.7. The van der Waals surface area contributed by atoms with Crippen molar-refractivity contribution in [1.82, 2.24) is 14.8 Å². The average molecular weight is 409 g/mol. The minimum Gasteiger partial charge on any atom is -0.350 e. The molecule has 0 atom stereocenters. The van der Waals surface area contributed by atoms with E-state index in [1.54, 1.807) is 6.07 Å². The summed E-state index contributed by atoms with van der Waals surface area (Å²) in [7, 11) is 0. The molecule has 0 radical (unpaired) electrons. The fourth-order valence-corrected chi connectivity index (χ4v) is 3.56. The molecule has 7 heteroatoms. The van der Waals surface area contributed by atoms with E-state index in [1.807, 2.05) is 66.9 Å². The van der Waals surface area contributed by atoms with Crippen molar-refractivity contribution >= 4 is 34.8 Å². The number of thiophene rings is 1. The van der Waals surface area contributed by atoms with Gasteiger partial charge in [-0.25, -0.2) is 0 Å². The summed E-state index contributed by atoms with van der Waals surface area (Å²) in [6.45, 7) is 2.45. The molecule has 2 aromatic carbocycles. The Balaban J connectivity index is 1.69. The number of hydrogen-bond acceptors (Lipinski definition) is 5. The van der Waals surface area contributed by atoms with Crippen LogP contribution in [0.15, 0.2) is 66.0 Å². The van der Waals surface area contributed by atoms with Crippen molar-refractivity contribution in [3.8, 4) is 11.4 Å². The number of carbonyl (C=O) groups excluding carboxylic acids is 1. The van der Waals surface area contributed by atoms with Crippen LogP contribution in [0.3, 0.4) is 0 Å². The maximum Gasteiger partial charge on any atom is 0.291 e. The molecule has 0 spiro atoms. The van der Waals surface area contributed by atoms with E-state index < -0.39 is 0 Å². The summed E-state index contributed by atoms with van der Waals surface area (Å²) in [4.78, 5) is 18.1. The Bertz CT molecular complexity index is 1100. The first-order chi connectivity index (χ1) is 13.6. The molecule has 2 aromatic heterocycles. The minimum atomic E-state index is -0.220. The molecular weight excluding hydrogens is 392 g/mol. The van der Waals surface area contributed by atoms with Crippen molar-refractivity contribution in [2.45, 2.75) is 13.5 Å². The molecule has 1 N–H and O–H groups in total. The van der Waals surface area contributed by atoms with Crippen molar-refractivity contribution in [3.63, 3.8) is 0 Å². The van der Waals surface area contributed by atoms with Crippen LogP contribution in [0.5, 0.6) is 0 Å². The number of carbonyl (C=O) groups is 1. The van der Waals surface area contributed by atoms with Gasteiger partial charge in [0, 0.05) is 17.1 Å². The number of halogens is 1. The lowest BCUT2D eigenvalue weighted by Crippen LogP contribution is -2.16. The minimum absolute atomic E-state index is 0.220. The number of nitrogens with one attached hydrogen (secondary N) is 1. The summed E-state index contributed by atoms with van der Waals surface area (Å²) in [5.41, 5.74) is 2.92. The predicted molar refractivity (Wildman–Crippen MR) is 113 cm³/mol. The molecule has 0 amide bonds. The van der Waals surface area contributed by atoms with Gasteiger partial charge in [-0.15, -0.1) is 16.4 Å². The number of aromatic nitrogens is 3. The van der Waals surface area contributed by atoms with E-state index in [4.69, 9.17) is 11.6 Å². The molecule has 5 nitrogen and oxygen atoms in total. The molecule has 0 fully saturated rings. The van der Waals surface area contributed by atoms with Crippen molar-refractivity contribution in [2.75, 3.05) is 5.32 Å². The lowest BCUT2D eigenvalue weighted by atomic mass is 10.1. The molecule has 0 aliphatic carbocycles. The second-order valence-corrected chi connectivity index (χ2v) is 7.62. The summed E-state index contributed by atoms with van der Waals surface area (Å²) < 4.78 is 1.32. The van der Waals surface area contributed by atoms with Gasteiger partial charge in [0.1, 0.15) is 0 Å². The van der Waals surface area contributed by atoms with E-state index in [-0.39, 0.29) is 5.91 Å². The highest BCUT2D eigenvalue weighted by Crippen LogP contribution is 2.22. The SMILES string of the molecule is Cc1ccc(-c2nc(NCc3ccccc3Cl)n(C(=O)c3cccs3)n2)cc1. The topological polar surface area (TPSA) is 59.8 Å². The third-order valence-corrected chi connectivity index (χ3v) is 5.46. The van der Waals surface area contributed by atoms with Gasteiger partial charge in [0.2, 0.25) is 5.95 Å². The van der Waals surface area contributed by atoms with Crippen molar-refractivity contribution in [1.29, 1.82) is 0 Å². The standard InChI is InChI=1S/C21H17ClN4OS/c1-14-8-10-15(11-9-14)19-24-21(23-13-16-5-2-3-6-17(16)22)26(25-19)20(27)18-7-4-12-28-18/h2-12H,13H2,1H3,(H,23,24,25). The van der Waals surface area contributed by atoms with Crippen LogP contribution < -0.4 is 5.32 Å². The first kappa shape index (κ1) is 18.4. The van der Waals surface area contributed by atoms with Crippen LogP contribution >= 0.6 is 22.9 Å². The number of benzene rings is 2. The van der Waals surface area contributed by atoms with Gasteiger partial charge in [-0.3, -0.25) is 4.79 Å². The highest BCUT2D eigenvalue weighted by atomic mass is 35.5. The molecule has 0 unspecified atom stereocenters. The van der Waals surface area contributed by atoms with Gasteiger partial charge in [0.25, 0.3) is 5.91 Å². The first-order valence-electron chi connectivity index (χ1n) is 8.71. The first-order valence-corrected chi connectivity index (χ1v) is 9.97. The van der Waals surface area contributed by atoms with Crippen molar-refractivity contribution < 1.29 is 4.79 Å². The third kappa shape index (κ3) is 3.83. The fraction of sp³-hybridized carbons (Fsp3) is 0.0952. The highest BCUT2D eigenvalue weighted by molar-refractivity contribution is 7.12. The fourth-order valence-electron chi connectivity index (χ4n) is 2.71. The zero-order valence-electron chi connectivity index (χ0n) is 15.1. The van der Waals surface area contributed by atoms with Crippen LogP contribution in [0, 0.1) is 6.92 Å². The molecule has 0 saturated carbocycles. The summed E-state index contributed by atoms with van der Waals surface area (Å²) in [5.74, 6) is 0.656. The van der Waals surface area contributed by atoms with E-state index in [2.05, 4.69) is 15.4 Å². The molecule has 4 aromatic rings. The number of rotatable bonds is 5. The van der Waals surface area contributed by atoms with Gasteiger partial charge in [-0.2, -0.15) is 9.67 Å². The summed E-state index contributed by atoms with van der Waals surface area (Å²) in [6.07, 6.45) is 0. The van der Waals surface area contributed by atoms with Crippen molar-refractivity contribution in [2.24, 2.45) is 0 Å². The average Bonchev–Trinajstić information content (AvgIpc) is 3.38. The van der Waals surface area contributed by atoms with Crippen LogP contribution in [0.2, 0.25) is 5.02 Å². The smallest absolute Gasteiger partial charge is 0.291 e. The van der Waals surface area contributed by atoms with Gasteiger partial charge in [0.15, 0.2) is 5.82 Å². The predicted octanol–water partition coefficient (Wildman–Crippen LogP) is 5.27. The number of anilines is 1. The Labute approximate surface area is 171 Å². The van der Waals surface area contributed by atoms with Crippen LogP contribution in [0.4, 0.5) is 5.95 Å². The van der Waals surface area contributed by atoms with E-state index >= 15 is 0 Å². The molecule has 140 valence electrons. The molecule has 0 bridgehead atoms. The van der Waals surface area contributed by atoms with Crippen LogP contribution in [-0.4, -0.2) is 20.7 Å². The summed E-state index contributed by atoms with van der Waals surface area (Å²) >= 11 is 7.61. The van der Waals surface area contributed by atoms with Crippen LogP contribution in [0.1, 0.15) is 20.8 Å². The Morgan fingerprint density at radius 1 is 1.11 bits per heavy atom. The van der Waals surface area contributed by atoms with Crippen LogP contribution in [-0.2, 0) is 6.54 Å². The number of aryl methyl sites for hydroxylation is 1. The van der Waals surface area contributed by atoms with Gasteiger partial charge in [-0.05, 0) is 30.0 Å². The van der Waals surface area contributed by atoms with Crippen LogP contribution in [0.25, 0.3) is 11.4 Å². The van der Waals surface area contributed by atoms with Gasteiger partial charge < -0.3 is 5.32 Å². The Kier molecular flexibility index (Phi) is 5.23. The van der Waals surface area contributed by atoms with Gasteiger partial charge >= 0.3 is 0 Å². The lowest BCUT2D eigenvalue weighted by Gasteiger charge is -2.07. The van der Waals surface area contributed by atoms with E-state index in [0.717, 1.165) is 16.7 Å². The normalized spacial score (nSPS) is 10.8. The Hall–Kier alpha value is -2.96. The van der Waals surface area contributed by atoms with Crippen molar-refractivity contribution in [3.05, 3.63) is 87.1 Å². The molecule has 0 aliphatic rings. The molecule has 28 heavy (non-hydrogen) atoms. The van der Waals surface area contributed by atoms with Gasteiger partial charge in [0.05, 0.1) is 4.88 Å². The van der Waals surface area contributed by atoms with Gasteiger partial charge in [-0.1, -0.05) is 65.7 Å². The Morgan fingerprint density at radius 2 is 1.89 bits per heavy atom. The molecule has 0 aliphatic heterocycles. The third-order valence-electron chi connectivity index (χ3n) is 4.24. The molecular formula is C21H17ClN4OS. The van der Waals surface area contributed by atoms with E-state index in [9.17, 15) is 4.79 Å². The molecule has 0 saturated heterocycles. The monoisotopic (exact) mass is 408 g/mol. The van der Waals surface area contributed by atoms with E-state index in [1.165, 1.54) is 16.0 Å².